The molecule has 0 radical (unpaired) electrons. The Morgan fingerprint density at radius 2 is 1.70 bits per heavy atom. The van der Waals surface area contributed by atoms with Gasteiger partial charge in [-0.15, -0.1) is 0 Å². The zero-order chi connectivity index (χ0) is 29.0. The van der Waals surface area contributed by atoms with E-state index in [-0.39, 0.29) is 28.5 Å². The Kier molecular flexibility index (Phi) is 8.61. The number of furan rings is 1. The van der Waals surface area contributed by atoms with Crippen LogP contribution in [0.5, 0.6) is 5.75 Å². The molecule has 1 aliphatic rings. The van der Waals surface area contributed by atoms with Crippen LogP contribution in [0, 0.1) is 0 Å². The number of nitrogens with zero attached hydrogens (tertiary/aromatic N) is 1. The number of halogens is 2. The number of allylic oxidation sites excluding steroid dienone is 1. The van der Waals surface area contributed by atoms with Crippen molar-refractivity contribution in [2.75, 3.05) is 24.4 Å². The molecular formula is C28H23Cl2N3O7. The summed E-state index contributed by atoms with van der Waals surface area (Å²) in [7, 11) is 2.76. The van der Waals surface area contributed by atoms with Crippen LogP contribution in [0.15, 0.2) is 75.9 Å². The van der Waals surface area contributed by atoms with Crippen molar-refractivity contribution in [2.45, 2.75) is 13.5 Å². The second-order valence-corrected chi connectivity index (χ2v) is 9.23. The molecule has 2 aromatic carbocycles. The minimum absolute atomic E-state index is 0.0751. The topological polar surface area (TPSA) is 127 Å². The Morgan fingerprint density at radius 3 is 2.35 bits per heavy atom. The molecule has 1 aromatic heterocycles. The summed E-state index contributed by atoms with van der Waals surface area (Å²) in [5.41, 5.74) is 1.39. The van der Waals surface area contributed by atoms with E-state index >= 15 is 0 Å². The Morgan fingerprint density at radius 1 is 0.975 bits per heavy atom. The number of nitrogens with one attached hydrogen (secondary N) is 2. The first kappa shape index (κ1) is 28.5. The van der Waals surface area contributed by atoms with Crippen LogP contribution in [0.1, 0.15) is 18.4 Å². The van der Waals surface area contributed by atoms with Crippen LogP contribution in [0.4, 0.5) is 11.4 Å². The number of methoxy groups -OCH3 is 2. The third-order valence-electron chi connectivity index (χ3n) is 5.90. The van der Waals surface area contributed by atoms with Crippen LogP contribution in [0.3, 0.4) is 0 Å². The maximum atomic E-state index is 13.4. The minimum atomic E-state index is -0.911. The molecule has 40 heavy (non-hydrogen) atoms. The number of amides is 3. The van der Waals surface area contributed by atoms with E-state index in [0.29, 0.717) is 33.6 Å². The molecule has 206 valence electrons. The summed E-state index contributed by atoms with van der Waals surface area (Å²) in [6.45, 7) is 1.53. The lowest BCUT2D eigenvalue weighted by Crippen LogP contribution is -2.34. The summed E-state index contributed by atoms with van der Waals surface area (Å²) >= 11 is 11.8. The third kappa shape index (κ3) is 6.03. The highest BCUT2D eigenvalue weighted by atomic mass is 35.5. The smallest absolute Gasteiger partial charge is 0.340 e. The van der Waals surface area contributed by atoms with Gasteiger partial charge in [0.15, 0.2) is 0 Å². The van der Waals surface area contributed by atoms with Gasteiger partial charge in [0.25, 0.3) is 5.91 Å². The Hall–Kier alpha value is -4.54. The molecule has 0 atom stereocenters. The fourth-order valence-electron chi connectivity index (χ4n) is 3.94. The van der Waals surface area contributed by atoms with Crippen LogP contribution in [0.25, 0.3) is 6.08 Å². The average Bonchev–Trinajstić information content (AvgIpc) is 3.50. The number of hydrogen-bond acceptors (Lipinski definition) is 7. The maximum absolute atomic E-state index is 13.4. The SMILES string of the molecule is COC(=O)C1=C(C)N(c2ccc(OC)cc2)C(=O)/C1=C/c1ccc(CNC(=O)C(=O)Nc2ccc(Cl)c(Cl)c2)o1. The third-order valence-corrected chi connectivity index (χ3v) is 6.64. The molecule has 0 unspecified atom stereocenters. The molecule has 0 saturated carbocycles. The molecule has 0 aliphatic carbocycles. The Labute approximate surface area is 239 Å². The molecule has 3 amide bonds. The number of anilines is 2. The van der Waals surface area contributed by atoms with E-state index < -0.39 is 23.7 Å². The summed E-state index contributed by atoms with van der Waals surface area (Å²) in [6.07, 6.45) is 1.42. The summed E-state index contributed by atoms with van der Waals surface area (Å²) in [5.74, 6) is -1.78. The Balaban J connectivity index is 1.48. The number of esters is 1. The van der Waals surface area contributed by atoms with Crippen LogP contribution < -0.4 is 20.3 Å². The lowest BCUT2D eigenvalue weighted by Gasteiger charge is -2.18. The summed E-state index contributed by atoms with van der Waals surface area (Å²) < 4.78 is 15.8. The normalized spacial score (nSPS) is 14.0. The van der Waals surface area contributed by atoms with Crippen molar-refractivity contribution in [2.24, 2.45) is 0 Å². The molecule has 1 aliphatic heterocycles. The van der Waals surface area contributed by atoms with Gasteiger partial charge >= 0.3 is 17.8 Å². The maximum Gasteiger partial charge on any atom is 0.340 e. The van der Waals surface area contributed by atoms with E-state index in [1.165, 1.54) is 43.4 Å². The van der Waals surface area contributed by atoms with Gasteiger partial charge in [0.05, 0.1) is 42.0 Å². The van der Waals surface area contributed by atoms with E-state index in [1.807, 2.05) is 0 Å². The fraction of sp³-hybridized carbons (Fsp3) is 0.143. The van der Waals surface area contributed by atoms with Gasteiger partial charge in [0, 0.05) is 17.1 Å². The van der Waals surface area contributed by atoms with E-state index in [0.717, 1.165) is 0 Å². The van der Waals surface area contributed by atoms with Gasteiger partial charge in [-0.1, -0.05) is 23.2 Å². The first-order valence-corrected chi connectivity index (χ1v) is 12.5. The molecule has 3 aromatic rings. The van der Waals surface area contributed by atoms with Gasteiger partial charge in [0.2, 0.25) is 0 Å². The highest BCUT2D eigenvalue weighted by Gasteiger charge is 2.38. The van der Waals surface area contributed by atoms with Crippen molar-refractivity contribution in [1.82, 2.24) is 5.32 Å². The number of carbonyl (C=O) groups is 4. The average molecular weight is 584 g/mol. The first-order valence-electron chi connectivity index (χ1n) is 11.8. The fourth-order valence-corrected chi connectivity index (χ4v) is 4.24. The van der Waals surface area contributed by atoms with Gasteiger partial charge in [-0.25, -0.2) is 4.79 Å². The number of hydrogen-bond donors (Lipinski definition) is 2. The lowest BCUT2D eigenvalue weighted by molar-refractivity contribution is -0.136. The number of benzene rings is 2. The first-order chi connectivity index (χ1) is 19.1. The molecule has 0 bridgehead atoms. The van der Waals surface area contributed by atoms with E-state index in [9.17, 15) is 19.2 Å². The predicted molar refractivity (Wildman–Crippen MR) is 149 cm³/mol. The second kappa shape index (κ2) is 12.1. The van der Waals surface area contributed by atoms with Crippen molar-refractivity contribution in [1.29, 1.82) is 0 Å². The molecule has 0 spiro atoms. The van der Waals surface area contributed by atoms with E-state index in [4.69, 9.17) is 37.1 Å². The molecule has 2 N–H and O–H groups in total. The number of carbonyl (C=O) groups excluding carboxylic acids is 4. The van der Waals surface area contributed by atoms with Crippen LogP contribution in [0.2, 0.25) is 10.0 Å². The van der Waals surface area contributed by atoms with E-state index in [1.54, 1.807) is 43.3 Å². The van der Waals surface area contributed by atoms with Crippen LogP contribution in [-0.2, 0) is 30.5 Å². The number of rotatable bonds is 7. The van der Waals surface area contributed by atoms with Gasteiger partial charge in [0.1, 0.15) is 17.3 Å². The zero-order valence-electron chi connectivity index (χ0n) is 21.5. The molecule has 2 heterocycles. The van der Waals surface area contributed by atoms with Gasteiger partial charge in [-0.05, 0) is 67.6 Å². The largest absolute Gasteiger partial charge is 0.497 e. The van der Waals surface area contributed by atoms with Gasteiger partial charge in [-0.3, -0.25) is 19.3 Å². The van der Waals surface area contributed by atoms with Crippen molar-refractivity contribution in [3.8, 4) is 5.75 Å². The highest BCUT2D eigenvalue weighted by molar-refractivity contribution is 6.43. The van der Waals surface area contributed by atoms with Crippen molar-refractivity contribution < 1.29 is 33.1 Å². The molecule has 12 heteroatoms. The van der Waals surface area contributed by atoms with E-state index in [2.05, 4.69) is 10.6 Å². The van der Waals surface area contributed by atoms with Crippen molar-refractivity contribution in [3.05, 3.63) is 93.0 Å². The molecule has 4 rings (SSSR count). The van der Waals surface area contributed by atoms with Crippen molar-refractivity contribution >= 4 is 64.3 Å². The zero-order valence-corrected chi connectivity index (χ0v) is 23.1. The molecular weight excluding hydrogens is 561 g/mol. The summed E-state index contributed by atoms with van der Waals surface area (Å²) in [6, 6.07) is 14.3. The van der Waals surface area contributed by atoms with Crippen LogP contribution in [-0.4, -0.2) is 37.9 Å². The summed E-state index contributed by atoms with van der Waals surface area (Å²) in [4.78, 5) is 51.9. The molecule has 10 nitrogen and oxygen atoms in total. The second-order valence-electron chi connectivity index (χ2n) is 8.42. The van der Waals surface area contributed by atoms with Crippen LogP contribution >= 0.6 is 23.2 Å². The van der Waals surface area contributed by atoms with Gasteiger partial charge < -0.3 is 24.5 Å². The minimum Gasteiger partial charge on any atom is -0.497 e. The number of ether oxygens (including phenoxy) is 2. The monoisotopic (exact) mass is 583 g/mol. The quantitative estimate of drug-likeness (QED) is 0.234. The van der Waals surface area contributed by atoms with Gasteiger partial charge in [-0.2, -0.15) is 0 Å². The predicted octanol–water partition coefficient (Wildman–Crippen LogP) is 4.73. The lowest BCUT2D eigenvalue weighted by atomic mass is 10.1. The highest BCUT2D eigenvalue weighted by Crippen LogP contribution is 2.36. The van der Waals surface area contributed by atoms with Crippen molar-refractivity contribution in [3.63, 3.8) is 0 Å². The standard InChI is InChI=1S/C28H23Cl2N3O7/c1-15-24(28(37)39-3)21(27(36)33(15)17-5-7-18(38-2)8-6-17)13-19-9-10-20(40-19)14-31-25(34)26(35)32-16-4-11-22(29)23(30)12-16/h4-13H,14H2,1-3H3,(H,31,34)(H,32,35)/b21-13+. The summed E-state index contributed by atoms with van der Waals surface area (Å²) in [5, 5.41) is 5.41. The molecule has 0 fully saturated rings. The Bertz CT molecular complexity index is 1560. The molecule has 0 saturated heterocycles.